The number of fused-ring (bicyclic) bond motifs is 1. The van der Waals surface area contributed by atoms with Crippen LogP contribution in [0, 0.1) is 29.4 Å². The molecule has 3 heteroatoms. The molecule has 2 saturated carbocycles. The average molecular weight is 441 g/mol. The van der Waals surface area contributed by atoms with Crippen molar-refractivity contribution in [3.63, 3.8) is 0 Å². The molecule has 0 radical (unpaired) electrons. The highest BCUT2D eigenvalue weighted by atomic mass is 19.2. The number of ether oxygens (including phenoxy) is 1. The van der Waals surface area contributed by atoms with Crippen LogP contribution < -0.4 is 4.74 Å². The second-order valence-electron chi connectivity index (χ2n) is 9.92. The van der Waals surface area contributed by atoms with E-state index in [9.17, 15) is 8.78 Å². The van der Waals surface area contributed by atoms with Gasteiger partial charge in [-0.25, -0.2) is 4.39 Å². The third-order valence-corrected chi connectivity index (χ3v) is 7.90. The van der Waals surface area contributed by atoms with Crippen molar-refractivity contribution in [2.45, 2.75) is 84.0 Å². The quantitative estimate of drug-likeness (QED) is 0.390. The third-order valence-electron chi connectivity index (χ3n) is 7.90. The van der Waals surface area contributed by atoms with Gasteiger partial charge in [-0.3, -0.25) is 0 Å². The summed E-state index contributed by atoms with van der Waals surface area (Å²) in [4.78, 5) is 0. The van der Waals surface area contributed by atoms with E-state index in [1.807, 2.05) is 12.1 Å². The molecule has 4 rings (SSSR count). The Morgan fingerprint density at radius 2 is 1.56 bits per heavy atom. The van der Waals surface area contributed by atoms with Crippen LogP contribution in [0.15, 0.2) is 36.4 Å². The molecule has 0 aromatic heterocycles. The van der Waals surface area contributed by atoms with Gasteiger partial charge in [0.1, 0.15) is 0 Å². The first-order chi connectivity index (χ1) is 15.6. The largest absolute Gasteiger partial charge is 0.491 e. The van der Waals surface area contributed by atoms with Gasteiger partial charge in [-0.05, 0) is 111 Å². The molecule has 0 saturated heterocycles. The van der Waals surface area contributed by atoms with Crippen LogP contribution in [0.4, 0.5) is 8.78 Å². The summed E-state index contributed by atoms with van der Waals surface area (Å²) < 4.78 is 34.3. The number of allylic oxidation sites excluding steroid dienone is 2. The highest BCUT2D eigenvalue weighted by molar-refractivity contribution is 5.85. The highest BCUT2D eigenvalue weighted by Gasteiger charge is 2.31. The van der Waals surface area contributed by atoms with E-state index in [2.05, 4.69) is 25.1 Å². The van der Waals surface area contributed by atoms with Crippen molar-refractivity contribution in [1.82, 2.24) is 0 Å². The molecule has 0 amide bonds. The van der Waals surface area contributed by atoms with Crippen molar-refractivity contribution < 1.29 is 13.5 Å². The number of halogens is 2. The number of benzene rings is 2. The minimum atomic E-state index is -0.875. The lowest BCUT2D eigenvalue weighted by Crippen LogP contribution is -2.25. The Labute approximate surface area is 192 Å². The Balaban J connectivity index is 1.36. The van der Waals surface area contributed by atoms with Gasteiger partial charge in [-0.2, -0.15) is 4.39 Å². The van der Waals surface area contributed by atoms with Gasteiger partial charge in [0.05, 0.1) is 6.61 Å². The number of hydrogen-bond donors (Lipinski definition) is 0. The lowest BCUT2D eigenvalue weighted by molar-refractivity contribution is 0.171. The topological polar surface area (TPSA) is 9.23 Å². The van der Waals surface area contributed by atoms with Gasteiger partial charge >= 0.3 is 0 Å². The van der Waals surface area contributed by atoms with E-state index in [4.69, 9.17) is 4.74 Å². The zero-order valence-corrected chi connectivity index (χ0v) is 19.7. The molecule has 2 aliphatic carbocycles. The van der Waals surface area contributed by atoms with E-state index in [0.29, 0.717) is 23.3 Å². The van der Waals surface area contributed by atoms with E-state index < -0.39 is 11.6 Å². The summed E-state index contributed by atoms with van der Waals surface area (Å²) in [5.41, 5.74) is 1.16. The van der Waals surface area contributed by atoms with Crippen molar-refractivity contribution in [3.8, 4) is 5.75 Å². The highest BCUT2D eigenvalue weighted by Crippen LogP contribution is 2.44. The Hall–Kier alpha value is -1.90. The number of unbranched alkanes of at least 4 members (excludes halogenated alkanes) is 1. The van der Waals surface area contributed by atoms with E-state index in [1.54, 1.807) is 13.0 Å². The average Bonchev–Trinajstić information content (AvgIpc) is 2.83. The summed E-state index contributed by atoms with van der Waals surface area (Å²) in [5, 5.41) is 1.08. The van der Waals surface area contributed by atoms with Crippen LogP contribution in [0.5, 0.6) is 5.75 Å². The first kappa shape index (κ1) is 23.3. The molecular weight excluding hydrogens is 402 g/mol. The second kappa shape index (κ2) is 10.8. The summed E-state index contributed by atoms with van der Waals surface area (Å²) in [7, 11) is 0. The number of hydrogen-bond acceptors (Lipinski definition) is 1. The van der Waals surface area contributed by atoms with E-state index in [-0.39, 0.29) is 5.75 Å². The number of rotatable bonds is 7. The molecule has 0 bridgehead atoms. The van der Waals surface area contributed by atoms with Crippen LogP contribution in [0.1, 0.15) is 89.5 Å². The maximum absolute atomic E-state index is 14.7. The van der Waals surface area contributed by atoms with Gasteiger partial charge < -0.3 is 4.74 Å². The molecule has 2 aliphatic rings. The van der Waals surface area contributed by atoms with Crippen LogP contribution in [-0.2, 0) is 0 Å². The van der Waals surface area contributed by atoms with Gasteiger partial charge in [-0.15, -0.1) is 0 Å². The molecule has 32 heavy (non-hydrogen) atoms. The van der Waals surface area contributed by atoms with Crippen molar-refractivity contribution >= 4 is 10.8 Å². The zero-order chi connectivity index (χ0) is 22.5. The van der Waals surface area contributed by atoms with Crippen molar-refractivity contribution in [2.75, 3.05) is 6.61 Å². The second-order valence-corrected chi connectivity index (χ2v) is 9.92. The Bertz CT molecular complexity index is 918. The summed E-state index contributed by atoms with van der Waals surface area (Å²) in [5.74, 6) is 1.32. The molecule has 2 aromatic carbocycles. The van der Waals surface area contributed by atoms with Crippen LogP contribution >= 0.6 is 0 Å². The van der Waals surface area contributed by atoms with Crippen LogP contribution in [-0.4, -0.2) is 6.61 Å². The van der Waals surface area contributed by atoms with Gasteiger partial charge in [0.2, 0.25) is 5.82 Å². The fraction of sp³-hybridized carbons (Fsp3) is 0.586. The van der Waals surface area contributed by atoms with Crippen molar-refractivity contribution in [2.24, 2.45) is 17.8 Å². The van der Waals surface area contributed by atoms with E-state index in [1.165, 1.54) is 51.4 Å². The van der Waals surface area contributed by atoms with Gasteiger partial charge in [0.25, 0.3) is 0 Å². The Kier molecular flexibility index (Phi) is 7.86. The molecule has 0 spiro atoms. The van der Waals surface area contributed by atoms with E-state index >= 15 is 0 Å². The molecule has 0 N–H and O–H groups in total. The monoisotopic (exact) mass is 440 g/mol. The van der Waals surface area contributed by atoms with Crippen molar-refractivity contribution in [1.29, 1.82) is 0 Å². The molecule has 1 nitrogen and oxygen atoms in total. The summed E-state index contributed by atoms with van der Waals surface area (Å²) in [6, 6.07) is 7.53. The SMILES string of the molecule is CCC/C=C/C1CCC(C2CCC(c3ccc4cc(OCC)c(F)c(F)c4c3)CC2)CC1. The first-order valence-electron chi connectivity index (χ1n) is 12.8. The fourth-order valence-corrected chi connectivity index (χ4v) is 6.02. The van der Waals surface area contributed by atoms with Gasteiger partial charge in [-0.1, -0.05) is 37.6 Å². The maximum Gasteiger partial charge on any atom is 0.201 e. The smallest absolute Gasteiger partial charge is 0.201 e. The Morgan fingerprint density at radius 3 is 2.22 bits per heavy atom. The Morgan fingerprint density at radius 1 is 0.875 bits per heavy atom. The normalized spacial score (nSPS) is 26.6. The predicted molar refractivity (Wildman–Crippen MR) is 129 cm³/mol. The molecule has 0 atom stereocenters. The van der Waals surface area contributed by atoms with Crippen LogP contribution in [0.2, 0.25) is 0 Å². The van der Waals surface area contributed by atoms with Gasteiger partial charge in [0.15, 0.2) is 11.6 Å². The molecule has 2 aromatic rings. The molecule has 0 aliphatic heterocycles. The fourth-order valence-electron chi connectivity index (χ4n) is 6.02. The predicted octanol–water partition coefficient (Wildman–Crippen LogP) is 8.95. The molecule has 174 valence electrons. The van der Waals surface area contributed by atoms with Crippen LogP contribution in [0.3, 0.4) is 0 Å². The minimum Gasteiger partial charge on any atom is -0.491 e. The molecular formula is C29H38F2O. The van der Waals surface area contributed by atoms with Gasteiger partial charge in [0, 0.05) is 5.39 Å². The third kappa shape index (κ3) is 5.18. The minimum absolute atomic E-state index is 0.00123. The maximum atomic E-state index is 14.7. The van der Waals surface area contributed by atoms with Crippen molar-refractivity contribution in [3.05, 3.63) is 53.6 Å². The zero-order valence-electron chi connectivity index (χ0n) is 19.7. The molecule has 0 heterocycles. The lowest BCUT2D eigenvalue weighted by Gasteiger charge is -2.37. The standard InChI is InChI=1S/C29H38F2O/c1-3-5-6-7-20-8-10-21(11-9-20)22-12-14-23(15-13-22)24-16-17-25-19-27(32-4-2)29(31)28(30)26(25)18-24/h6-7,16-23H,3-5,8-15H2,1-2H3/b7-6+. The summed E-state index contributed by atoms with van der Waals surface area (Å²) >= 11 is 0. The summed E-state index contributed by atoms with van der Waals surface area (Å²) in [6.07, 6.45) is 17.6. The molecule has 0 unspecified atom stereocenters. The molecule has 2 fully saturated rings. The first-order valence-corrected chi connectivity index (χ1v) is 12.8. The van der Waals surface area contributed by atoms with E-state index in [0.717, 1.165) is 36.2 Å². The van der Waals surface area contributed by atoms with Crippen LogP contribution in [0.25, 0.3) is 10.8 Å². The summed E-state index contributed by atoms with van der Waals surface area (Å²) in [6.45, 7) is 4.33. The lowest BCUT2D eigenvalue weighted by atomic mass is 9.68.